The number of rotatable bonds is 4. The van der Waals surface area contributed by atoms with Gasteiger partial charge in [-0.3, -0.25) is 0 Å². The van der Waals surface area contributed by atoms with E-state index in [4.69, 9.17) is 0 Å². The van der Waals surface area contributed by atoms with Crippen LogP contribution in [0.15, 0.2) is 0 Å². The first-order valence-corrected chi connectivity index (χ1v) is 5.47. The van der Waals surface area contributed by atoms with E-state index in [2.05, 4.69) is 34.6 Å². The minimum absolute atomic E-state index is 0.676. The Morgan fingerprint density at radius 3 is 2.08 bits per heavy atom. The van der Waals surface area contributed by atoms with Crippen molar-refractivity contribution in [3.63, 3.8) is 0 Å². The zero-order chi connectivity index (χ0) is 9.35. The lowest BCUT2D eigenvalue weighted by Crippen LogP contribution is -2.09. The summed E-state index contributed by atoms with van der Waals surface area (Å²) >= 11 is 0. The molecule has 0 heterocycles. The van der Waals surface area contributed by atoms with Gasteiger partial charge in [-0.2, -0.15) is 0 Å². The molecule has 0 spiro atoms. The highest BCUT2D eigenvalue weighted by Gasteiger charge is 2.48. The molecule has 0 bridgehead atoms. The third-order valence-corrected chi connectivity index (χ3v) is 3.46. The minimum atomic E-state index is 0.676. The molecule has 0 aromatic rings. The molecule has 1 saturated carbocycles. The fourth-order valence-electron chi connectivity index (χ4n) is 2.53. The quantitative estimate of drug-likeness (QED) is 0.592. The van der Waals surface area contributed by atoms with Crippen LogP contribution in [-0.2, 0) is 0 Å². The summed E-state index contributed by atoms with van der Waals surface area (Å²) in [5.74, 6) is 2.91. The minimum Gasteiger partial charge on any atom is -0.0651 e. The van der Waals surface area contributed by atoms with Crippen molar-refractivity contribution in [2.24, 2.45) is 23.2 Å². The first-order valence-electron chi connectivity index (χ1n) is 5.47. The van der Waals surface area contributed by atoms with Gasteiger partial charge in [-0.25, -0.2) is 0 Å². The van der Waals surface area contributed by atoms with E-state index < -0.39 is 0 Å². The molecule has 1 aliphatic rings. The summed E-state index contributed by atoms with van der Waals surface area (Å²) in [6, 6.07) is 0. The van der Waals surface area contributed by atoms with Gasteiger partial charge in [0.25, 0.3) is 0 Å². The highest BCUT2D eigenvalue weighted by Crippen LogP contribution is 2.57. The Morgan fingerprint density at radius 1 is 1.33 bits per heavy atom. The summed E-state index contributed by atoms with van der Waals surface area (Å²) in [5.41, 5.74) is 0.676. The van der Waals surface area contributed by atoms with Crippen LogP contribution in [0.1, 0.15) is 53.9 Å². The van der Waals surface area contributed by atoms with Gasteiger partial charge in [0.1, 0.15) is 0 Å². The zero-order valence-corrected chi connectivity index (χ0v) is 9.35. The van der Waals surface area contributed by atoms with Crippen LogP contribution in [0, 0.1) is 23.2 Å². The van der Waals surface area contributed by atoms with Gasteiger partial charge in [0.15, 0.2) is 0 Å². The van der Waals surface area contributed by atoms with Crippen LogP contribution in [0.25, 0.3) is 0 Å². The van der Waals surface area contributed by atoms with E-state index in [1.165, 1.54) is 19.3 Å². The maximum atomic E-state index is 2.42. The van der Waals surface area contributed by atoms with Crippen molar-refractivity contribution in [3.05, 3.63) is 0 Å². The van der Waals surface area contributed by atoms with Gasteiger partial charge in [0.05, 0.1) is 0 Å². The molecule has 0 nitrogen and oxygen atoms in total. The summed E-state index contributed by atoms with van der Waals surface area (Å²) in [5, 5.41) is 0. The maximum Gasteiger partial charge on any atom is -0.0320 e. The Hall–Kier alpha value is 0. The monoisotopic (exact) mass is 168 g/mol. The second kappa shape index (κ2) is 3.40. The first kappa shape index (κ1) is 10.1. The summed E-state index contributed by atoms with van der Waals surface area (Å²) in [6.07, 6.45) is 4.29. The molecule has 0 amide bonds. The van der Waals surface area contributed by atoms with Crippen molar-refractivity contribution in [1.29, 1.82) is 0 Å². The van der Waals surface area contributed by atoms with E-state index in [0.29, 0.717) is 5.41 Å². The first-order chi connectivity index (χ1) is 5.47. The molecule has 2 atom stereocenters. The molecule has 1 aliphatic carbocycles. The fourth-order valence-corrected chi connectivity index (χ4v) is 2.53. The van der Waals surface area contributed by atoms with Crippen LogP contribution in [0.4, 0.5) is 0 Å². The number of hydrogen-bond acceptors (Lipinski definition) is 0. The average molecular weight is 168 g/mol. The van der Waals surface area contributed by atoms with Crippen LogP contribution in [0.3, 0.4) is 0 Å². The van der Waals surface area contributed by atoms with E-state index in [0.717, 1.165) is 17.8 Å². The van der Waals surface area contributed by atoms with Crippen molar-refractivity contribution in [2.75, 3.05) is 0 Å². The summed E-state index contributed by atoms with van der Waals surface area (Å²) < 4.78 is 0. The molecular weight excluding hydrogens is 144 g/mol. The number of hydrogen-bond donors (Lipinski definition) is 0. The zero-order valence-electron chi connectivity index (χ0n) is 9.35. The Bertz CT molecular complexity index is 144. The third kappa shape index (κ3) is 2.24. The van der Waals surface area contributed by atoms with Gasteiger partial charge in [0.2, 0.25) is 0 Å². The highest BCUT2D eigenvalue weighted by molar-refractivity contribution is 4.98. The van der Waals surface area contributed by atoms with Gasteiger partial charge in [0, 0.05) is 0 Å². The van der Waals surface area contributed by atoms with Gasteiger partial charge in [-0.1, -0.05) is 41.0 Å². The molecule has 12 heavy (non-hydrogen) atoms. The predicted molar refractivity (Wildman–Crippen MR) is 55.1 cm³/mol. The van der Waals surface area contributed by atoms with E-state index in [1.54, 1.807) is 0 Å². The molecule has 0 heteroatoms. The largest absolute Gasteiger partial charge is 0.0651 e. The molecule has 72 valence electrons. The van der Waals surface area contributed by atoms with Crippen LogP contribution in [0.5, 0.6) is 0 Å². The van der Waals surface area contributed by atoms with Crippen molar-refractivity contribution < 1.29 is 0 Å². The van der Waals surface area contributed by atoms with Crippen LogP contribution < -0.4 is 0 Å². The Labute approximate surface area is 77.7 Å². The van der Waals surface area contributed by atoms with Crippen molar-refractivity contribution in [2.45, 2.75) is 53.9 Å². The lowest BCUT2D eigenvalue weighted by atomic mass is 9.87. The van der Waals surface area contributed by atoms with Gasteiger partial charge in [-0.05, 0) is 36.0 Å². The van der Waals surface area contributed by atoms with E-state index in [9.17, 15) is 0 Å². The molecule has 1 rings (SSSR count). The smallest absolute Gasteiger partial charge is 0.0320 e. The average Bonchev–Trinajstić information content (AvgIpc) is 2.54. The van der Waals surface area contributed by atoms with Gasteiger partial charge >= 0.3 is 0 Å². The van der Waals surface area contributed by atoms with Gasteiger partial charge in [-0.15, -0.1) is 0 Å². The second-order valence-electron chi connectivity index (χ2n) is 5.60. The van der Waals surface area contributed by atoms with E-state index >= 15 is 0 Å². The molecule has 1 fully saturated rings. The Kier molecular flexibility index (Phi) is 2.85. The normalized spacial score (nSPS) is 29.0. The topological polar surface area (TPSA) is 0 Å². The SMILES string of the molecule is CCC(CC(C)C)C1CC1(C)C. The standard InChI is InChI=1S/C12H24/c1-6-10(7-9(2)3)11-8-12(11,4)5/h9-11H,6-8H2,1-5H3. The van der Waals surface area contributed by atoms with Crippen molar-refractivity contribution >= 4 is 0 Å². The molecule has 0 aromatic carbocycles. The molecule has 0 radical (unpaired) electrons. The molecule has 2 unspecified atom stereocenters. The van der Waals surface area contributed by atoms with Crippen LogP contribution in [0.2, 0.25) is 0 Å². The van der Waals surface area contributed by atoms with Gasteiger partial charge < -0.3 is 0 Å². The molecular formula is C12H24. The van der Waals surface area contributed by atoms with Crippen molar-refractivity contribution in [3.8, 4) is 0 Å². The molecule has 0 N–H and O–H groups in total. The Morgan fingerprint density at radius 2 is 1.83 bits per heavy atom. The Balaban J connectivity index is 2.37. The van der Waals surface area contributed by atoms with Crippen LogP contribution >= 0.6 is 0 Å². The maximum absolute atomic E-state index is 2.42. The predicted octanol–water partition coefficient (Wildman–Crippen LogP) is 4.10. The van der Waals surface area contributed by atoms with Crippen molar-refractivity contribution in [1.82, 2.24) is 0 Å². The summed E-state index contributed by atoms with van der Waals surface area (Å²) in [7, 11) is 0. The molecule has 0 aliphatic heterocycles. The second-order valence-corrected chi connectivity index (χ2v) is 5.60. The van der Waals surface area contributed by atoms with E-state index in [-0.39, 0.29) is 0 Å². The summed E-state index contributed by atoms with van der Waals surface area (Å²) in [4.78, 5) is 0. The van der Waals surface area contributed by atoms with E-state index in [1.807, 2.05) is 0 Å². The fraction of sp³-hybridized carbons (Fsp3) is 1.00. The van der Waals surface area contributed by atoms with Crippen LogP contribution in [-0.4, -0.2) is 0 Å². The molecule has 0 saturated heterocycles. The third-order valence-electron chi connectivity index (χ3n) is 3.46. The summed E-state index contributed by atoms with van der Waals surface area (Å²) in [6.45, 7) is 11.9. The lowest BCUT2D eigenvalue weighted by Gasteiger charge is -2.18. The lowest BCUT2D eigenvalue weighted by molar-refractivity contribution is 0.320. The molecule has 0 aromatic heterocycles. The highest BCUT2D eigenvalue weighted by atomic mass is 14.5.